The molecule has 0 fully saturated rings. The van der Waals surface area contributed by atoms with Crippen LogP contribution in [-0.2, 0) is 9.53 Å². The number of ether oxygens (including phenoxy) is 3. The highest BCUT2D eigenvalue weighted by Crippen LogP contribution is 2.28. The van der Waals surface area contributed by atoms with Gasteiger partial charge in [-0.05, 0) is 35.4 Å². The van der Waals surface area contributed by atoms with E-state index in [1.807, 2.05) is 0 Å². The molecule has 0 amide bonds. The third-order valence-electron chi connectivity index (χ3n) is 1.95. The van der Waals surface area contributed by atoms with Gasteiger partial charge in [0, 0.05) is 0 Å². The molecule has 0 aliphatic carbocycles. The van der Waals surface area contributed by atoms with Crippen molar-refractivity contribution in [3.63, 3.8) is 0 Å². The van der Waals surface area contributed by atoms with E-state index < -0.39 is 11.4 Å². The summed E-state index contributed by atoms with van der Waals surface area (Å²) in [7, 11) is 2.64. The SMILES string of the molecule is COC(=O)Oc1ccc(C=CC(=O)Cl)cc1OC. The van der Waals surface area contributed by atoms with E-state index in [2.05, 4.69) is 4.74 Å². The molecule has 6 heteroatoms. The number of halogens is 1. The van der Waals surface area contributed by atoms with Crippen LogP contribution < -0.4 is 9.47 Å². The molecule has 5 nitrogen and oxygen atoms in total. The molecule has 0 aliphatic rings. The fourth-order valence-corrected chi connectivity index (χ4v) is 1.23. The first-order chi connectivity index (χ1) is 8.56. The topological polar surface area (TPSA) is 61.8 Å². The lowest BCUT2D eigenvalue weighted by molar-refractivity contribution is -0.107. The van der Waals surface area contributed by atoms with Crippen LogP contribution in [0.5, 0.6) is 11.5 Å². The van der Waals surface area contributed by atoms with Crippen molar-refractivity contribution in [2.75, 3.05) is 14.2 Å². The molecule has 1 rings (SSSR count). The molecular formula is C12H11ClO5. The van der Waals surface area contributed by atoms with Crippen molar-refractivity contribution in [3.8, 4) is 11.5 Å². The molecule has 0 N–H and O–H groups in total. The van der Waals surface area contributed by atoms with Crippen molar-refractivity contribution in [1.29, 1.82) is 0 Å². The Morgan fingerprint density at radius 1 is 1.22 bits per heavy atom. The molecule has 18 heavy (non-hydrogen) atoms. The second-order valence-electron chi connectivity index (χ2n) is 3.10. The molecule has 0 atom stereocenters. The molecular weight excluding hydrogens is 260 g/mol. The van der Waals surface area contributed by atoms with Crippen molar-refractivity contribution < 1.29 is 23.8 Å². The van der Waals surface area contributed by atoms with Crippen LogP contribution in [0.3, 0.4) is 0 Å². The van der Waals surface area contributed by atoms with Gasteiger partial charge in [-0.1, -0.05) is 12.1 Å². The van der Waals surface area contributed by atoms with E-state index in [0.717, 1.165) is 0 Å². The fraction of sp³-hybridized carbons (Fsp3) is 0.167. The summed E-state index contributed by atoms with van der Waals surface area (Å²) in [5.41, 5.74) is 0.679. The molecule has 0 saturated heterocycles. The highest BCUT2D eigenvalue weighted by molar-refractivity contribution is 6.66. The van der Waals surface area contributed by atoms with E-state index in [4.69, 9.17) is 21.1 Å². The fourth-order valence-electron chi connectivity index (χ4n) is 1.17. The third kappa shape index (κ3) is 4.10. The Morgan fingerprint density at radius 3 is 2.50 bits per heavy atom. The number of methoxy groups -OCH3 is 2. The predicted molar refractivity (Wildman–Crippen MR) is 65.9 cm³/mol. The highest BCUT2D eigenvalue weighted by Gasteiger charge is 2.10. The number of carbonyl (C=O) groups is 2. The summed E-state index contributed by atoms with van der Waals surface area (Å²) in [6.07, 6.45) is 1.88. The van der Waals surface area contributed by atoms with Crippen LogP contribution in [0.15, 0.2) is 24.3 Å². The van der Waals surface area contributed by atoms with Gasteiger partial charge in [-0.25, -0.2) is 4.79 Å². The molecule has 0 spiro atoms. The largest absolute Gasteiger partial charge is 0.513 e. The quantitative estimate of drug-likeness (QED) is 0.364. The monoisotopic (exact) mass is 270 g/mol. The molecule has 0 unspecified atom stereocenters. The summed E-state index contributed by atoms with van der Waals surface area (Å²) in [6, 6.07) is 4.75. The summed E-state index contributed by atoms with van der Waals surface area (Å²) in [6.45, 7) is 0. The summed E-state index contributed by atoms with van der Waals surface area (Å²) >= 11 is 5.18. The van der Waals surface area contributed by atoms with Crippen molar-refractivity contribution >= 4 is 29.1 Å². The number of carbonyl (C=O) groups excluding carboxylic acids is 2. The number of hydrogen-bond donors (Lipinski definition) is 0. The molecule has 0 aliphatic heterocycles. The molecule has 0 bridgehead atoms. The van der Waals surface area contributed by atoms with Crippen LogP contribution in [0.2, 0.25) is 0 Å². The minimum Gasteiger partial charge on any atom is -0.493 e. The Bertz CT molecular complexity index is 481. The van der Waals surface area contributed by atoms with Gasteiger partial charge in [0.1, 0.15) is 0 Å². The molecule has 1 aromatic carbocycles. The maximum absolute atomic E-state index is 11.0. The first-order valence-electron chi connectivity index (χ1n) is 4.88. The van der Waals surface area contributed by atoms with Gasteiger partial charge in [0.2, 0.25) is 5.24 Å². The molecule has 0 aromatic heterocycles. The van der Waals surface area contributed by atoms with E-state index in [-0.39, 0.29) is 5.75 Å². The lowest BCUT2D eigenvalue weighted by atomic mass is 10.2. The molecule has 96 valence electrons. The van der Waals surface area contributed by atoms with E-state index in [1.54, 1.807) is 12.1 Å². The molecule has 0 heterocycles. The van der Waals surface area contributed by atoms with Crippen LogP contribution in [0.1, 0.15) is 5.56 Å². The zero-order chi connectivity index (χ0) is 13.5. The first-order valence-corrected chi connectivity index (χ1v) is 5.26. The lowest BCUT2D eigenvalue weighted by Crippen LogP contribution is -2.08. The van der Waals surface area contributed by atoms with E-state index >= 15 is 0 Å². The Kier molecular flexibility index (Phi) is 5.20. The Labute approximate surface area is 109 Å². The lowest BCUT2D eigenvalue weighted by Gasteiger charge is -2.08. The molecule has 0 saturated carbocycles. The van der Waals surface area contributed by atoms with Crippen molar-refractivity contribution in [2.24, 2.45) is 0 Å². The standard InChI is InChI=1S/C12H11ClO5/c1-16-10-7-8(4-6-11(13)14)3-5-9(10)18-12(15)17-2/h3-7H,1-2H3. The Hall–Kier alpha value is -2.01. The third-order valence-corrected chi connectivity index (χ3v) is 2.08. The number of rotatable bonds is 4. The number of benzene rings is 1. The minimum absolute atomic E-state index is 0.221. The van der Waals surface area contributed by atoms with Gasteiger partial charge in [0.25, 0.3) is 0 Å². The summed E-state index contributed by atoms with van der Waals surface area (Å²) in [5.74, 6) is 0.559. The molecule has 1 aromatic rings. The molecule has 0 radical (unpaired) electrons. The van der Waals surface area contributed by atoms with E-state index in [0.29, 0.717) is 11.3 Å². The first kappa shape index (κ1) is 14.1. The van der Waals surface area contributed by atoms with Crippen LogP contribution >= 0.6 is 11.6 Å². The van der Waals surface area contributed by atoms with Crippen molar-refractivity contribution in [1.82, 2.24) is 0 Å². The van der Waals surface area contributed by atoms with E-state index in [1.165, 1.54) is 32.4 Å². The van der Waals surface area contributed by atoms with Gasteiger partial charge in [-0.3, -0.25) is 4.79 Å². The van der Waals surface area contributed by atoms with Gasteiger partial charge >= 0.3 is 6.16 Å². The van der Waals surface area contributed by atoms with Crippen LogP contribution in [-0.4, -0.2) is 25.6 Å². The number of allylic oxidation sites excluding steroid dienone is 1. The Balaban J connectivity index is 2.96. The van der Waals surface area contributed by atoms with E-state index in [9.17, 15) is 9.59 Å². The van der Waals surface area contributed by atoms with Crippen molar-refractivity contribution in [2.45, 2.75) is 0 Å². The van der Waals surface area contributed by atoms with Gasteiger partial charge in [0.05, 0.1) is 14.2 Å². The maximum Gasteiger partial charge on any atom is 0.513 e. The second-order valence-corrected chi connectivity index (χ2v) is 3.48. The average Bonchev–Trinajstić information content (AvgIpc) is 2.37. The van der Waals surface area contributed by atoms with Crippen LogP contribution in [0.25, 0.3) is 6.08 Å². The average molecular weight is 271 g/mol. The van der Waals surface area contributed by atoms with Crippen molar-refractivity contribution in [3.05, 3.63) is 29.8 Å². The summed E-state index contributed by atoms with van der Waals surface area (Å²) in [5, 5.41) is -0.580. The predicted octanol–water partition coefficient (Wildman–Crippen LogP) is 2.62. The van der Waals surface area contributed by atoms with Crippen LogP contribution in [0, 0.1) is 0 Å². The number of hydrogen-bond acceptors (Lipinski definition) is 5. The Morgan fingerprint density at radius 2 is 1.94 bits per heavy atom. The summed E-state index contributed by atoms with van der Waals surface area (Å²) < 4.78 is 14.3. The van der Waals surface area contributed by atoms with Crippen LogP contribution in [0.4, 0.5) is 4.79 Å². The van der Waals surface area contributed by atoms with Gasteiger partial charge in [-0.15, -0.1) is 0 Å². The van der Waals surface area contributed by atoms with Gasteiger partial charge in [-0.2, -0.15) is 0 Å². The summed E-state index contributed by atoms with van der Waals surface area (Å²) in [4.78, 5) is 21.6. The van der Waals surface area contributed by atoms with Gasteiger partial charge < -0.3 is 14.2 Å². The zero-order valence-electron chi connectivity index (χ0n) is 9.81. The highest BCUT2D eigenvalue weighted by atomic mass is 35.5. The second kappa shape index (κ2) is 6.66. The zero-order valence-corrected chi connectivity index (χ0v) is 10.6. The van der Waals surface area contributed by atoms with Gasteiger partial charge in [0.15, 0.2) is 11.5 Å². The maximum atomic E-state index is 11.0. The smallest absolute Gasteiger partial charge is 0.493 e. The normalized spacial score (nSPS) is 10.2. The minimum atomic E-state index is -0.840.